The highest BCUT2D eigenvalue weighted by molar-refractivity contribution is 6.33. The standard InChI is InChI=1S/C64H40N4O.C3H8/c1-64(2)53-32-30-40(35-52(53)57-43-17-6-5-15-38(43)29-33-54(57)64)44-23-13-24-51-58-49-21-9-7-18-45(49)46-19-8-10-22-50(46)60(58)68(59(44)51)63-66-61(41-27-26-37-14-3-4-16-39(37)34-41)65-62(67-63)42-28-31-48-47-20-11-12-25-55(47)69-56(48)36-42;1-3-2/h3-36H,1-2H3;3H2,1-2H3. The molecule has 0 saturated carbocycles. The molecule has 1 aliphatic carbocycles. The first kappa shape index (κ1) is 42.0. The van der Waals surface area contributed by atoms with E-state index in [1.54, 1.807) is 0 Å². The maximum atomic E-state index is 6.46. The molecule has 5 heteroatoms. The third kappa shape index (κ3) is 6.23. The molecule has 0 saturated heterocycles. The van der Waals surface area contributed by atoms with Crippen molar-refractivity contribution < 1.29 is 4.42 Å². The minimum absolute atomic E-state index is 0.155. The van der Waals surface area contributed by atoms with Crippen molar-refractivity contribution in [3.63, 3.8) is 0 Å². The fourth-order valence-corrected chi connectivity index (χ4v) is 11.8. The van der Waals surface area contributed by atoms with Gasteiger partial charge in [-0.3, -0.25) is 4.57 Å². The van der Waals surface area contributed by atoms with E-state index >= 15 is 0 Å². The summed E-state index contributed by atoms with van der Waals surface area (Å²) in [5, 5.41) is 13.9. The van der Waals surface area contributed by atoms with Crippen molar-refractivity contribution in [1.82, 2.24) is 19.5 Å². The first-order chi connectivity index (χ1) is 35.4. The first-order valence-electron chi connectivity index (χ1n) is 25.1. The molecule has 0 bridgehead atoms. The molecule has 0 N–H and O–H groups in total. The molecule has 1 aliphatic rings. The van der Waals surface area contributed by atoms with Gasteiger partial charge >= 0.3 is 0 Å². The normalized spacial score (nSPS) is 12.9. The Labute approximate surface area is 416 Å². The zero-order valence-corrected chi connectivity index (χ0v) is 40.5. The smallest absolute Gasteiger partial charge is 0.238 e. The zero-order chi connectivity index (χ0) is 48.2. The van der Waals surface area contributed by atoms with Crippen molar-refractivity contribution in [1.29, 1.82) is 0 Å². The molecular formula is C67H48N4O. The number of aromatic nitrogens is 4. The number of hydrogen-bond acceptors (Lipinski definition) is 4. The van der Waals surface area contributed by atoms with Crippen molar-refractivity contribution in [3.8, 4) is 51.0 Å². The Morgan fingerprint density at radius 3 is 1.76 bits per heavy atom. The number of hydrogen-bond donors (Lipinski definition) is 0. The van der Waals surface area contributed by atoms with Crippen molar-refractivity contribution >= 4 is 86.8 Å². The summed E-state index contributed by atoms with van der Waals surface area (Å²) in [6, 6.07) is 74.3. The molecule has 3 aromatic heterocycles. The topological polar surface area (TPSA) is 56.7 Å². The van der Waals surface area contributed by atoms with Gasteiger partial charge in [-0.25, -0.2) is 4.98 Å². The third-order valence-corrected chi connectivity index (χ3v) is 15.0. The van der Waals surface area contributed by atoms with Crippen molar-refractivity contribution in [2.45, 2.75) is 39.5 Å². The molecule has 0 spiro atoms. The Balaban J connectivity index is 0.00000157. The van der Waals surface area contributed by atoms with E-state index < -0.39 is 0 Å². The fraction of sp³-hybridized carbons (Fsp3) is 0.0896. The summed E-state index contributed by atoms with van der Waals surface area (Å²) in [7, 11) is 0. The SMILES string of the molecule is CC1(C)c2ccc(-c3cccc4c5c6ccccc6c6ccccc6c5n(-c5nc(-c6ccc7ccccc7c6)nc(-c6ccc7c(c6)oc6ccccc67)n5)c34)cc2-c2c1ccc1ccccc21.CCC. The quantitative estimate of drug-likeness (QED) is 0.165. The van der Waals surface area contributed by atoms with Gasteiger partial charge in [-0.1, -0.05) is 210 Å². The second-order valence-corrected chi connectivity index (χ2v) is 19.8. The number of para-hydroxylation sites is 2. The Morgan fingerprint density at radius 2 is 0.972 bits per heavy atom. The van der Waals surface area contributed by atoms with Gasteiger partial charge in [0.1, 0.15) is 11.2 Å². The molecule has 14 aromatic rings. The van der Waals surface area contributed by atoms with Gasteiger partial charge in [0.05, 0.1) is 11.0 Å². The lowest BCUT2D eigenvalue weighted by Gasteiger charge is -2.21. The summed E-state index contributed by atoms with van der Waals surface area (Å²) in [6.07, 6.45) is 1.25. The molecule has 0 atom stereocenters. The lowest BCUT2D eigenvalue weighted by atomic mass is 9.82. The summed E-state index contributed by atoms with van der Waals surface area (Å²) in [5.41, 5.74) is 12.9. The Kier molecular flexibility index (Phi) is 9.36. The summed E-state index contributed by atoms with van der Waals surface area (Å²) in [5.74, 6) is 1.69. The summed E-state index contributed by atoms with van der Waals surface area (Å²) in [6.45, 7) is 8.97. The van der Waals surface area contributed by atoms with Crippen LogP contribution in [0.4, 0.5) is 0 Å². The van der Waals surface area contributed by atoms with Crippen LogP contribution in [0.1, 0.15) is 45.2 Å². The van der Waals surface area contributed by atoms with Gasteiger partial charge in [-0.05, 0) is 95.9 Å². The van der Waals surface area contributed by atoms with Crippen LogP contribution in [-0.2, 0) is 5.41 Å². The molecule has 0 fully saturated rings. The van der Waals surface area contributed by atoms with Gasteiger partial charge in [-0.15, -0.1) is 0 Å². The van der Waals surface area contributed by atoms with Gasteiger partial charge in [0, 0.05) is 49.0 Å². The van der Waals surface area contributed by atoms with Gasteiger partial charge in [0.25, 0.3) is 0 Å². The van der Waals surface area contributed by atoms with Gasteiger partial charge < -0.3 is 4.42 Å². The summed E-state index contributed by atoms with van der Waals surface area (Å²) < 4.78 is 8.80. The minimum atomic E-state index is -0.155. The zero-order valence-electron chi connectivity index (χ0n) is 40.5. The number of nitrogens with zero attached hydrogens (tertiary/aromatic N) is 4. The fourth-order valence-electron chi connectivity index (χ4n) is 11.8. The maximum absolute atomic E-state index is 6.46. The lowest BCUT2D eigenvalue weighted by Crippen LogP contribution is -2.14. The summed E-state index contributed by atoms with van der Waals surface area (Å²) >= 11 is 0. The summed E-state index contributed by atoms with van der Waals surface area (Å²) in [4.78, 5) is 16.4. The molecular weight excluding hydrogens is 877 g/mol. The molecule has 0 radical (unpaired) electrons. The molecule has 11 aromatic carbocycles. The molecule has 0 aliphatic heterocycles. The minimum Gasteiger partial charge on any atom is -0.456 e. The van der Waals surface area contributed by atoms with Crippen LogP contribution in [0.25, 0.3) is 138 Å². The molecule has 15 rings (SSSR count). The monoisotopic (exact) mass is 924 g/mol. The van der Waals surface area contributed by atoms with E-state index in [0.29, 0.717) is 17.6 Å². The van der Waals surface area contributed by atoms with Crippen LogP contribution >= 0.6 is 0 Å². The van der Waals surface area contributed by atoms with Crippen LogP contribution in [0.15, 0.2) is 211 Å². The van der Waals surface area contributed by atoms with E-state index in [4.69, 9.17) is 19.4 Å². The predicted molar refractivity (Wildman–Crippen MR) is 301 cm³/mol. The molecule has 0 amide bonds. The average Bonchev–Trinajstić information content (AvgIpc) is 4.06. The molecule has 0 unspecified atom stereocenters. The van der Waals surface area contributed by atoms with E-state index in [2.05, 4.69) is 226 Å². The number of fused-ring (bicyclic) bond motifs is 17. The number of benzene rings is 11. The van der Waals surface area contributed by atoms with Crippen LogP contribution < -0.4 is 0 Å². The van der Waals surface area contributed by atoms with Gasteiger partial charge in [0.15, 0.2) is 11.6 Å². The molecule has 72 heavy (non-hydrogen) atoms. The van der Waals surface area contributed by atoms with E-state index in [9.17, 15) is 0 Å². The highest BCUT2D eigenvalue weighted by Gasteiger charge is 2.37. The Hall–Kier alpha value is -8.93. The van der Waals surface area contributed by atoms with Gasteiger partial charge in [0.2, 0.25) is 5.95 Å². The number of furan rings is 1. The van der Waals surface area contributed by atoms with Crippen LogP contribution in [0.5, 0.6) is 0 Å². The van der Waals surface area contributed by atoms with Crippen molar-refractivity contribution in [2.24, 2.45) is 0 Å². The van der Waals surface area contributed by atoms with Crippen molar-refractivity contribution in [2.75, 3.05) is 0 Å². The maximum Gasteiger partial charge on any atom is 0.238 e. The predicted octanol–water partition coefficient (Wildman–Crippen LogP) is 18.2. The van der Waals surface area contributed by atoms with E-state index in [1.165, 1.54) is 55.6 Å². The van der Waals surface area contributed by atoms with E-state index in [0.717, 1.165) is 82.2 Å². The largest absolute Gasteiger partial charge is 0.456 e. The second-order valence-electron chi connectivity index (χ2n) is 19.8. The molecule has 3 heterocycles. The van der Waals surface area contributed by atoms with E-state index in [1.807, 2.05) is 12.1 Å². The van der Waals surface area contributed by atoms with Crippen LogP contribution in [-0.4, -0.2) is 19.5 Å². The highest BCUT2D eigenvalue weighted by Crippen LogP contribution is 2.53. The van der Waals surface area contributed by atoms with Crippen LogP contribution in [0.3, 0.4) is 0 Å². The third-order valence-electron chi connectivity index (χ3n) is 15.0. The van der Waals surface area contributed by atoms with E-state index in [-0.39, 0.29) is 5.41 Å². The van der Waals surface area contributed by atoms with Gasteiger partial charge in [-0.2, -0.15) is 9.97 Å². The van der Waals surface area contributed by atoms with Crippen molar-refractivity contribution in [3.05, 3.63) is 217 Å². The molecule has 5 nitrogen and oxygen atoms in total. The highest BCUT2D eigenvalue weighted by atomic mass is 16.3. The average molecular weight is 925 g/mol. The Morgan fingerprint density at radius 1 is 0.403 bits per heavy atom. The lowest BCUT2D eigenvalue weighted by molar-refractivity contribution is 0.661. The van der Waals surface area contributed by atoms with Crippen LogP contribution in [0.2, 0.25) is 0 Å². The first-order valence-corrected chi connectivity index (χ1v) is 25.1. The number of rotatable bonds is 4. The molecule has 342 valence electrons. The second kappa shape index (κ2) is 16.1. The Bertz CT molecular complexity index is 4550. The van der Waals surface area contributed by atoms with Crippen LogP contribution in [0, 0.1) is 0 Å².